The summed E-state index contributed by atoms with van der Waals surface area (Å²) in [5.41, 5.74) is 5.72. The summed E-state index contributed by atoms with van der Waals surface area (Å²) < 4.78 is 25.7. The Morgan fingerprint density at radius 3 is 2.02 bits per heavy atom. The molecule has 5 aromatic carbocycles. The summed E-state index contributed by atoms with van der Waals surface area (Å²) >= 11 is 7.44. The van der Waals surface area contributed by atoms with E-state index >= 15 is 0 Å². The fraction of sp³-hybridized carbons (Fsp3) is 0.139. The van der Waals surface area contributed by atoms with Crippen molar-refractivity contribution < 1.29 is 29.0 Å². The standard InChI is InChI=1S/C36H31FNO5PS2/c37-28-13-6-26(7-14-28)32(39)20-21-34-35(31-19-12-27(22-33(31)40)25-10-17-30(18-11-25)44(41,42)43)38(36(45)46-34)29-15-8-24(9-16-29)23-4-2-1-3-5-23/h1-19,22,32,34-35,39-40H,20-21H2,(H2,41,42,43). The summed E-state index contributed by atoms with van der Waals surface area (Å²) in [6.07, 6.45) is 0.188. The average molecular weight is 672 g/mol. The maximum Gasteiger partial charge on any atom is 0.356 e. The molecule has 0 saturated carbocycles. The van der Waals surface area contributed by atoms with Crippen LogP contribution in [0.2, 0.25) is 0 Å². The van der Waals surface area contributed by atoms with Crippen LogP contribution in [0.1, 0.15) is 36.1 Å². The highest BCUT2D eigenvalue weighted by atomic mass is 32.2. The van der Waals surface area contributed by atoms with Gasteiger partial charge in [0.2, 0.25) is 0 Å². The molecule has 1 saturated heterocycles. The maximum absolute atomic E-state index is 13.5. The molecule has 10 heteroatoms. The predicted molar refractivity (Wildman–Crippen MR) is 187 cm³/mol. The van der Waals surface area contributed by atoms with Gasteiger partial charge in [-0.25, -0.2) is 4.39 Å². The molecule has 3 atom stereocenters. The van der Waals surface area contributed by atoms with Crippen LogP contribution in [0.5, 0.6) is 5.75 Å². The molecule has 0 radical (unpaired) electrons. The van der Waals surface area contributed by atoms with E-state index in [-0.39, 0.29) is 28.2 Å². The van der Waals surface area contributed by atoms with E-state index in [1.165, 1.54) is 36.0 Å². The SMILES string of the molecule is O=P(O)(O)c1ccc(-c2ccc(C3C(CCC(O)c4ccc(F)cc4)SC(=S)N3c3ccc(-c4ccccc4)cc3)c(O)c2)cc1. The molecule has 4 N–H and O–H groups in total. The Hall–Kier alpha value is -3.82. The van der Waals surface area contributed by atoms with Crippen LogP contribution >= 0.6 is 31.6 Å². The molecule has 6 nitrogen and oxygen atoms in total. The summed E-state index contributed by atoms with van der Waals surface area (Å²) in [5.74, 6) is -0.305. The zero-order valence-electron chi connectivity index (χ0n) is 24.5. The van der Waals surface area contributed by atoms with Gasteiger partial charge >= 0.3 is 7.60 Å². The van der Waals surface area contributed by atoms with Crippen molar-refractivity contribution in [2.75, 3.05) is 4.90 Å². The third-order valence-corrected chi connectivity index (χ3v) is 10.8. The summed E-state index contributed by atoms with van der Waals surface area (Å²) in [6, 6.07) is 35.1. The van der Waals surface area contributed by atoms with Crippen LogP contribution in [0.15, 0.2) is 121 Å². The van der Waals surface area contributed by atoms with Gasteiger partial charge < -0.3 is 24.9 Å². The van der Waals surface area contributed by atoms with E-state index in [4.69, 9.17) is 12.2 Å². The molecule has 3 unspecified atom stereocenters. The topological polar surface area (TPSA) is 101 Å². The summed E-state index contributed by atoms with van der Waals surface area (Å²) in [5, 5.41) is 22.2. The molecule has 5 aromatic rings. The number of aromatic hydroxyl groups is 1. The van der Waals surface area contributed by atoms with Crippen LogP contribution in [0, 0.1) is 5.82 Å². The number of halogens is 1. The lowest BCUT2D eigenvalue weighted by Crippen LogP contribution is -2.29. The number of phenols is 1. The third-order valence-electron chi connectivity index (χ3n) is 8.20. The number of thioether (sulfide) groups is 1. The van der Waals surface area contributed by atoms with Gasteiger partial charge in [0.05, 0.1) is 17.5 Å². The minimum atomic E-state index is -4.37. The second kappa shape index (κ2) is 13.5. The summed E-state index contributed by atoms with van der Waals surface area (Å²) in [7, 11) is -4.37. The molecule has 1 aliphatic rings. The number of hydrogen-bond donors (Lipinski definition) is 4. The second-order valence-electron chi connectivity index (χ2n) is 11.2. The predicted octanol–water partition coefficient (Wildman–Crippen LogP) is 8.13. The van der Waals surface area contributed by atoms with Gasteiger partial charge in [-0.3, -0.25) is 4.57 Å². The number of rotatable bonds is 9. The Morgan fingerprint density at radius 2 is 1.39 bits per heavy atom. The van der Waals surface area contributed by atoms with E-state index < -0.39 is 13.7 Å². The highest BCUT2D eigenvalue weighted by molar-refractivity contribution is 8.24. The number of benzene rings is 5. The van der Waals surface area contributed by atoms with Crippen molar-refractivity contribution in [2.24, 2.45) is 0 Å². The molecule has 46 heavy (non-hydrogen) atoms. The number of hydrogen-bond acceptors (Lipinski definition) is 5. The van der Waals surface area contributed by atoms with Crippen LogP contribution < -0.4 is 10.2 Å². The van der Waals surface area contributed by atoms with Crippen LogP contribution in [0.4, 0.5) is 10.1 Å². The maximum atomic E-state index is 13.5. The molecule has 0 aliphatic carbocycles. The fourth-order valence-electron chi connectivity index (χ4n) is 5.79. The molecule has 234 valence electrons. The normalized spacial score (nSPS) is 17.3. The van der Waals surface area contributed by atoms with Gasteiger partial charge in [-0.2, -0.15) is 0 Å². The number of nitrogens with zero attached hydrogens (tertiary/aromatic N) is 1. The number of phenolic OH excluding ortho intramolecular Hbond substituents is 1. The minimum absolute atomic E-state index is 0.0573. The van der Waals surface area contributed by atoms with E-state index in [9.17, 15) is 29.0 Å². The third kappa shape index (κ3) is 6.95. The van der Waals surface area contributed by atoms with Crippen molar-refractivity contribution in [1.82, 2.24) is 0 Å². The van der Waals surface area contributed by atoms with Gasteiger partial charge in [0.1, 0.15) is 15.9 Å². The van der Waals surface area contributed by atoms with Gasteiger partial charge in [0.15, 0.2) is 0 Å². The lowest BCUT2D eigenvalue weighted by Gasteiger charge is -2.30. The zero-order chi connectivity index (χ0) is 32.4. The van der Waals surface area contributed by atoms with Gasteiger partial charge in [-0.15, -0.1) is 0 Å². The highest BCUT2D eigenvalue weighted by Crippen LogP contribution is 2.49. The van der Waals surface area contributed by atoms with Crippen molar-refractivity contribution in [3.63, 3.8) is 0 Å². The van der Waals surface area contributed by atoms with E-state index in [0.717, 1.165) is 16.8 Å². The molecule has 1 aliphatic heterocycles. The van der Waals surface area contributed by atoms with E-state index in [1.807, 2.05) is 59.5 Å². The van der Waals surface area contributed by atoms with Crippen molar-refractivity contribution in [3.05, 3.63) is 138 Å². The van der Waals surface area contributed by atoms with Crippen LogP contribution in [-0.2, 0) is 4.57 Å². The Bertz CT molecular complexity index is 1880. The second-order valence-corrected chi connectivity index (χ2v) is 14.6. The van der Waals surface area contributed by atoms with Crippen molar-refractivity contribution in [2.45, 2.75) is 30.2 Å². The first-order valence-corrected chi connectivity index (χ1v) is 17.6. The fourth-order valence-corrected chi connectivity index (χ4v) is 8.16. The number of aliphatic hydroxyl groups excluding tert-OH is 1. The van der Waals surface area contributed by atoms with Gasteiger partial charge in [-0.1, -0.05) is 103 Å². The smallest absolute Gasteiger partial charge is 0.356 e. The molecular formula is C36H31FNO5PS2. The zero-order valence-corrected chi connectivity index (χ0v) is 27.0. The Balaban J connectivity index is 1.32. The number of aliphatic hydroxyl groups is 1. The van der Waals surface area contributed by atoms with Crippen LogP contribution in [0.3, 0.4) is 0 Å². The monoisotopic (exact) mass is 671 g/mol. The van der Waals surface area contributed by atoms with Crippen LogP contribution in [-0.4, -0.2) is 29.6 Å². The average Bonchev–Trinajstić information content (AvgIpc) is 3.39. The Morgan fingerprint density at radius 1 is 0.804 bits per heavy atom. The highest BCUT2D eigenvalue weighted by Gasteiger charge is 2.41. The van der Waals surface area contributed by atoms with E-state index in [0.29, 0.717) is 39.4 Å². The first-order chi connectivity index (χ1) is 22.1. The van der Waals surface area contributed by atoms with E-state index in [1.54, 1.807) is 30.3 Å². The van der Waals surface area contributed by atoms with Gasteiger partial charge in [0, 0.05) is 16.5 Å². The molecule has 0 spiro atoms. The van der Waals surface area contributed by atoms with Crippen molar-refractivity contribution in [1.29, 1.82) is 0 Å². The number of anilines is 1. The number of thiocarbonyl (C=S) groups is 1. The lowest BCUT2D eigenvalue weighted by molar-refractivity contribution is 0.163. The largest absolute Gasteiger partial charge is 0.508 e. The quantitative estimate of drug-likeness (QED) is 0.0921. The Labute approximate surface area is 276 Å². The summed E-state index contributed by atoms with van der Waals surface area (Å²) in [4.78, 5) is 21.0. The molecule has 1 heterocycles. The van der Waals surface area contributed by atoms with Gasteiger partial charge in [-0.05, 0) is 83.1 Å². The van der Waals surface area contributed by atoms with Crippen molar-refractivity contribution >= 4 is 46.9 Å². The molecule has 0 bridgehead atoms. The molecular weight excluding hydrogens is 641 g/mol. The molecule has 6 rings (SSSR count). The molecule has 0 aromatic heterocycles. The van der Waals surface area contributed by atoms with Gasteiger partial charge in [0.25, 0.3) is 0 Å². The lowest BCUT2D eigenvalue weighted by atomic mass is 9.93. The summed E-state index contributed by atoms with van der Waals surface area (Å²) in [6.45, 7) is 0. The first-order valence-electron chi connectivity index (χ1n) is 14.7. The first kappa shape index (κ1) is 32.1. The van der Waals surface area contributed by atoms with Crippen LogP contribution in [0.25, 0.3) is 22.3 Å². The Kier molecular flexibility index (Phi) is 9.43. The van der Waals surface area contributed by atoms with Crippen molar-refractivity contribution in [3.8, 4) is 28.0 Å². The minimum Gasteiger partial charge on any atom is -0.508 e. The van der Waals surface area contributed by atoms with E-state index in [2.05, 4.69) is 12.1 Å². The molecule has 0 amide bonds. The molecule has 1 fully saturated rings.